The Morgan fingerprint density at radius 3 is 2.29 bits per heavy atom. The minimum Gasteiger partial charge on any atom is -0.261 e. The second kappa shape index (κ2) is 6.43. The van der Waals surface area contributed by atoms with E-state index in [0.717, 1.165) is 12.3 Å². The molecule has 1 aliphatic rings. The highest BCUT2D eigenvalue weighted by atomic mass is 14.7. The third kappa shape index (κ3) is 3.18. The number of hydrogen-bond acceptors (Lipinski definition) is 1. The Hall–Kier alpha value is -1.63. The van der Waals surface area contributed by atoms with Crippen molar-refractivity contribution in [3.8, 4) is 0 Å². The molecule has 1 heterocycles. The van der Waals surface area contributed by atoms with E-state index in [9.17, 15) is 0 Å². The molecule has 21 heavy (non-hydrogen) atoms. The van der Waals surface area contributed by atoms with Crippen molar-refractivity contribution in [1.82, 2.24) is 4.98 Å². The Morgan fingerprint density at radius 1 is 1.00 bits per heavy atom. The van der Waals surface area contributed by atoms with Crippen LogP contribution >= 0.6 is 0 Å². The molecule has 0 aliphatic heterocycles. The van der Waals surface area contributed by atoms with Crippen molar-refractivity contribution in [2.24, 2.45) is 5.92 Å². The summed E-state index contributed by atoms with van der Waals surface area (Å²) in [5.41, 5.74) is 4.31. The van der Waals surface area contributed by atoms with Gasteiger partial charge in [-0.25, -0.2) is 0 Å². The summed E-state index contributed by atoms with van der Waals surface area (Å²) in [6.45, 7) is 4.61. The van der Waals surface area contributed by atoms with Crippen LogP contribution in [0.4, 0.5) is 0 Å². The first kappa shape index (κ1) is 14.3. The number of nitrogens with zero attached hydrogens (tertiary/aromatic N) is 1. The predicted octanol–water partition coefficient (Wildman–Crippen LogP) is 5.33. The molecule has 1 atom stereocenters. The molecule has 3 rings (SSSR count). The molecule has 0 amide bonds. The van der Waals surface area contributed by atoms with Gasteiger partial charge in [-0.3, -0.25) is 4.98 Å². The van der Waals surface area contributed by atoms with Gasteiger partial charge in [-0.1, -0.05) is 50.6 Å². The summed E-state index contributed by atoms with van der Waals surface area (Å²) in [6.07, 6.45) is 7.15. The molecule has 0 N–H and O–H groups in total. The monoisotopic (exact) mass is 279 g/mol. The smallest absolute Gasteiger partial charge is 0.0409 e. The fourth-order valence-electron chi connectivity index (χ4n) is 3.49. The summed E-state index contributed by atoms with van der Waals surface area (Å²) in [6, 6.07) is 15.3. The Bertz CT molecular complexity index is 569. The molecule has 1 saturated carbocycles. The van der Waals surface area contributed by atoms with Gasteiger partial charge >= 0.3 is 0 Å². The molecular formula is C20H25N. The summed E-state index contributed by atoms with van der Waals surface area (Å²) in [5.74, 6) is 2.06. The average Bonchev–Trinajstić information content (AvgIpc) is 2.46. The second-order valence-electron chi connectivity index (χ2n) is 6.61. The van der Waals surface area contributed by atoms with E-state index in [2.05, 4.69) is 55.2 Å². The van der Waals surface area contributed by atoms with Gasteiger partial charge in [0.15, 0.2) is 0 Å². The first-order valence-electron chi connectivity index (χ1n) is 8.24. The Kier molecular flexibility index (Phi) is 4.38. The van der Waals surface area contributed by atoms with Crippen LogP contribution in [0.25, 0.3) is 0 Å². The Balaban J connectivity index is 1.92. The number of pyridine rings is 1. The second-order valence-corrected chi connectivity index (χ2v) is 6.61. The SMILES string of the molecule is CC(C)c1ccccc1C(Cc1ccccn1)C1CCC1. The van der Waals surface area contributed by atoms with Gasteiger partial charge in [0.05, 0.1) is 0 Å². The van der Waals surface area contributed by atoms with E-state index < -0.39 is 0 Å². The van der Waals surface area contributed by atoms with Crippen LogP contribution in [-0.2, 0) is 6.42 Å². The average molecular weight is 279 g/mol. The number of benzene rings is 1. The lowest BCUT2D eigenvalue weighted by Crippen LogP contribution is -2.23. The van der Waals surface area contributed by atoms with Crippen LogP contribution in [-0.4, -0.2) is 4.98 Å². The predicted molar refractivity (Wildman–Crippen MR) is 88.6 cm³/mol. The summed E-state index contributed by atoms with van der Waals surface area (Å²) in [7, 11) is 0. The molecule has 110 valence electrons. The minimum absolute atomic E-state index is 0.590. The minimum atomic E-state index is 0.590. The highest BCUT2D eigenvalue weighted by Crippen LogP contribution is 2.43. The van der Waals surface area contributed by atoms with Crippen LogP contribution in [0.2, 0.25) is 0 Å². The summed E-state index contributed by atoms with van der Waals surface area (Å²) < 4.78 is 0. The lowest BCUT2D eigenvalue weighted by molar-refractivity contribution is 0.257. The maximum absolute atomic E-state index is 4.56. The van der Waals surface area contributed by atoms with E-state index in [1.807, 2.05) is 12.3 Å². The quantitative estimate of drug-likeness (QED) is 0.720. The van der Waals surface area contributed by atoms with Gasteiger partial charge < -0.3 is 0 Å². The zero-order valence-corrected chi connectivity index (χ0v) is 13.1. The van der Waals surface area contributed by atoms with Crippen molar-refractivity contribution in [3.05, 3.63) is 65.5 Å². The van der Waals surface area contributed by atoms with Gasteiger partial charge in [-0.2, -0.15) is 0 Å². The van der Waals surface area contributed by atoms with Crippen molar-refractivity contribution in [2.45, 2.75) is 51.4 Å². The van der Waals surface area contributed by atoms with E-state index in [-0.39, 0.29) is 0 Å². The van der Waals surface area contributed by atoms with E-state index in [4.69, 9.17) is 0 Å². The molecule has 0 radical (unpaired) electrons. The van der Waals surface area contributed by atoms with E-state index >= 15 is 0 Å². The van der Waals surface area contributed by atoms with E-state index in [1.54, 1.807) is 5.56 Å². The molecule has 1 aromatic heterocycles. The molecule has 1 unspecified atom stereocenters. The van der Waals surface area contributed by atoms with Crippen LogP contribution in [0.15, 0.2) is 48.7 Å². The molecule has 1 heteroatoms. The lowest BCUT2D eigenvalue weighted by atomic mass is 9.69. The molecule has 1 nitrogen and oxygen atoms in total. The fourth-order valence-corrected chi connectivity index (χ4v) is 3.49. The molecule has 0 spiro atoms. The fraction of sp³-hybridized carbons (Fsp3) is 0.450. The van der Waals surface area contributed by atoms with Crippen LogP contribution < -0.4 is 0 Å². The lowest BCUT2D eigenvalue weighted by Gasteiger charge is -2.35. The van der Waals surface area contributed by atoms with E-state index in [1.165, 1.54) is 30.5 Å². The molecule has 0 saturated heterocycles. The van der Waals surface area contributed by atoms with E-state index in [0.29, 0.717) is 11.8 Å². The number of aromatic nitrogens is 1. The highest BCUT2D eigenvalue weighted by Gasteiger charge is 2.30. The summed E-state index contributed by atoms with van der Waals surface area (Å²) in [5, 5.41) is 0. The van der Waals surface area contributed by atoms with Crippen molar-refractivity contribution in [3.63, 3.8) is 0 Å². The van der Waals surface area contributed by atoms with Gasteiger partial charge in [0.2, 0.25) is 0 Å². The van der Waals surface area contributed by atoms with Crippen molar-refractivity contribution in [2.75, 3.05) is 0 Å². The van der Waals surface area contributed by atoms with Crippen LogP contribution in [0.5, 0.6) is 0 Å². The molecule has 1 fully saturated rings. The van der Waals surface area contributed by atoms with Crippen LogP contribution in [0.1, 0.15) is 61.8 Å². The molecule has 1 aromatic carbocycles. The zero-order chi connectivity index (χ0) is 14.7. The zero-order valence-electron chi connectivity index (χ0n) is 13.1. The van der Waals surface area contributed by atoms with Gasteiger partial charge in [-0.05, 0) is 60.3 Å². The maximum Gasteiger partial charge on any atom is 0.0409 e. The summed E-state index contributed by atoms with van der Waals surface area (Å²) >= 11 is 0. The Morgan fingerprint density at radius 2 is 1.71 bits per heavy atom. The first-order chi connectivity index (χ1) is 10.3. The van der Waals surface area contributed by atoms with Crippen molar-refractivity contribution in [1.29, 1.82) is 0 Å². The maximum atomic E-state index is 4.56. The largest absolute Gasteiger partial charge is 0.261 e. The first-order valence-corrected chi connectivity index (χ1v) is 8.24. The third-order valence-electron chi connectivity index (χ3n) is 4.89. The van der Waals surface area contributed by atoms with Gasteiger partial charge in [0, 0.05) is 11.9 Å². The molecule has 1 aliphatic carbocycles. The molecule has 0 bridgehead atoms. The number of hydrogen-bond donors (Lipinski definition) is 0. The normalized spacial score (nSPS) is 16.7. The molecular weight excluding hydrogens is 254 g/mol. The third-order valence-corrected chi connectivity index (χ3v) is 4.89. The topological polar surface area (TPSA) is 12.9 Å². The summed E-state index contributed by atoms with van der Waals surface area (Å²) in [4.78, 5) is 4.56. The van der Waals surface area contributed by atoms with Gasteiger partial charge in [0.1, 0.15) is 0 Å². The standard InChI is InChI=1S/C20H25N/c1-15(2)18-11-3-4-12-19(18)20(16-8-7-9-16)14-17-10-5-6-13-21-17/h3-6,10-13,15-16,20H,7-9,14H2,1-2H3. The van der Waals surface area contributed by atoms with Crippen LogP contribution in [0, 0.1) is 5.92 Å². The molecule has 2 aromatic rings. The van der Waals surface area contributed by atoms with Crippen molar-refractivity contribution >= 4 is 0 Å². The Labute approximate surface area is 128 Å². The van der Waals surface area contributed by atoms with Crippen LogP contribution in [0.3, 0.4) is 0 Å². The van der Waals surface area contributed by atoms with Gasteiger partial charge in [0.25, 0.3) is 0 Å². The number of rotatable bonds is 5. The highest BCUT2D eigenvalue weighted by molar-refractivity contribution is 5.34. The van der Waals surface area contributed by atoms with Gasteiger partial charge in [-0.15, -0.1) is 0 Å². The van der Waals surface area contributed by atoms with Crippen molar-refractivity contribution < 1.29 is 0 Å².